The molecule has 1 aromatic carbocycles. The number of anilines is 1. The van der Waals surface area contributed by atoms with Crippen LogP contribution in [0.3, 0.4) is 0 Å². The van der Waals surface area contributed by atoms with E-state index in [0.717, 1.165) is 6.07 Å². The van der Waals surface area contributed by atoms with Crippen molar-refractivity contribution in [1.29, 1.82) is 0 Å². The summed E-state index contributed by atoms with van der Waals surface area (Å²) < 4.78 is 0. The third kappa shape index (κ3) is 1.57. The molecule has 0 aliphatic carbocycles. The van der Waals surface area contributed by atoms with Crippen molar-refractivity contribution in [2.75, 3.05) is 5.73 Å². The van der Waals surface area contributed by atoms with Gasteiger partial charge in [-0.05, 0) is 11.2 Å². The molecule has 0 aliphatic rings. The van der Waals surface area contributed by atoms with Crippen molar-refractivity contribution in [3.05, 3.63) is 32.2 Å². The fraction of sp³-hybridized carbons (Fsp3) is 0. The van der Waals surface area contributed by atoms with Gasteiger partial charge in [0.2, 0.25) is 0 Å². The first-order valence-corrected chi connectivity index (χ1v) is 3.51. The summed E-state index contributed by atoms with van der Waals surface area (Å²) in [6.45, 7) is 0. The van der Waals surface area contributed by atoms with Crippen LogP contribution in [0.15, 0.2) is 17.3 Å². The van der Waals surface area contributed by atoms with Crippen LogP contribution < -0.4 is 5.73 Å². The standard InChI is InChI=1S/C6H4ClN3O3/c7-3-1-2-4(10(12)13)5(8)6(3)9-11/h1-2H,8H2. The molecule has 6 nitrogen and oxygen atoms in total. The average molecular weight is 202 g/mol. The first-order chi connectivity index (χ1) is 6.07. The van der Waals surface area contributed by atoms with Crippen molar-refractivity contribution in [3.8, 4) is 0 Å². The maximum Gasteiger partial charge on any atom is 0.294 e. The highest BCUT2D eigenvalue weighted by Gasteiger charge is 2.17. The summed E-state index contributed by atoms with van der Waals surface area (Å²) in [7, 11) is 0. The lowest BCUT2D eigenvalue weighted by Gasteiger charge is -1.99. The molecule has 7 heteroatoms. The Hall–Kier alpha value is -1.69. The Bertz CT molecular complexity index is 380. The fourth-order valence-corrected chi connectivity index (χ4v) is 1.02. The number of hydrogen-bond acceptors (Lipinski definition) is 5. The zero-order valence-corrected chi connectivity index (χ0v) is 6.99. The van der Waals surface area contributed by atoms with Crippen molar-refractivity contribution < 1.29 is 4.92 Å². The summed E-state index contributed by atoms with van der Waals surface area (Å²) in [5, 5.41) is 12.8. The zero-order chi connectivity index (χ0) is 10.0. The van der Waals surface area contributed by atoms with Crippen molar-refractivity contribution >= 4 is 28.7 Å². The topological polar surface area (TPSA) is 98.6 Å². The van der Waals surface area contributed by atoms with E-state index in [-0.39, 0.29) is 22.1 Å². The number of nitro benzene ring substituents is 1. The fourth-order valence-electron chi connectivity index (χ4n) is 0.823. The number of halogens is 1. The summed E-state index contributed by atoms with van der Waals surface area (Å²) in [6.07, 6.45) is 0. The van der Waals surface area contributed by atoms with Crippen molar-refractivity contribution in [3.63, 3.8) is 0 Å². The van der Waals surface area contributed by atoms with Gasteiger partial charge in [-0.2, -0.15) is 0 Å². The third-order valence-corrected chi connectivity index (χ3v) is 1.74. The second-order valence-corrected chi connectivity index (χ2v) is 2.58. The van der Waals surface area contributed by atoms with Crippen LogP contribution in [-0.2, 0) is 0 Å². The van der Waals surface area contributed by atoms with E-state index in [4.69, 9.17) is 17.3 Å². The summed E-state index contributed by atoms with van der Waals surface area (Å²) >= 11 is 5.51. The molecule has 0 fully saturated rings. The summed E-state index contributed by atoms with van der Waals surface area (Å²) in [4.78, 5) is 19.8. The molecule has 0 amide bonds. The van der Waals surface area contributed by atoms with Crippen LogP contribution in [0.25, 0.3) is 0 Å². The van der Waals surface area contributed by atoms with E-state index >= 15 is 0 Å². The van der Waals surface area contributed by atoms with Crippen LogP contribution in [-0.4, -0.2) is 4.92 Å². The number of benzene rings is 1. The smallest absolute Gasteiger partial charge is 0.294 e. The van der Waals surface area contributed by atoms with Crippen LogP contribution in [0.4, 0.5) is 17.1 Å². The molecule has 0 spiro atoms. The van der Waals surface area contributed by atoms with Gasteiger partial charge in [0.15, 0.2) is 5.69 Å². The number of nitroso groups, excluding NO2 is 1. The molecule has 0 unspecified atom stereocenters. The van der Waals surface area contributed by atoms with Gasteiger partial charge < -0.3 is 5.73 Å². The summed E-state index contributed by atoms with van der Waals surface area (Å²) in [5.74, 6) is 0. The molecule has 0 heterocycles. The van der Waals surface area contributed by atoms with E-state index < -0.39 is 4.92 Å². The molecule has 0 saturated heterocycles. The quantitative estimate of drug-likeness (QED) is 0.343. The molecule has 0 saturated carbocycles. The molecule has 1 aromatic rings. The van der Waals surface area contributed by atoms with Crippen molar-refractivity contribution in [1.82, 2.24) is 0 Å². The Kier molecular flexibility index (Phi) is 2.43. The second-order valence-electron chi connectivity index (χ2n) is 2.18. The van der Waals surface area contributed by atoms with Gasteiger partial charge in [-0.25, -0.2) is 0 Å². The first kappa shape index (κ1) is 9.40. The number of hydrogen-bond donors (Lipinski definition) is 1. The van der Waals surface area contributed by atoms with Gasteiger partial charge >= 0.3 is 0 Å². The second kappa shape index (κ2) is 3.36. The maximum absolute atomic E-state index is 10.3. The molecule has 2 N–H and O–H groups in total. The Labute approximate surface area is 77.4 Å². The minimum Gasteiger partial charge on any atom is -0.391 e. The van der Waals surface area contributed by atoms with Gasteiger partial charge in [0.1, 0.15) is 5.69 Å². The van der Waals surface area contributed by atoms with E-state index in [2.05, 4.69) is 5.18 Å². The monoisotopic (exact) mass is 201 g/mol. The van der Waals surface area contributed by atoms with Gasteiger partial charge in [0.25, 0.3) is 5.69 Å². The van der Waals surface area contributed by atoms with Gasteiger partial charge in [-0.15, -0.1) is 4.91 Å². The summed E-state index contributed by atoms with van der Waals surface area (Å²) in [5.41, 5.74) is 4.29. The molecule has 0 bridgehead atoms. The predicted octanol–water partition coefficient (Wildman–Crippen LogP) is 2.23. The molecular formula is C6H4ClN3O3. The highest BCUT2D eigenvalue weighted by molar-refractivity contribution is 6.33. The molecule has 0 aliphatic heterocycles. The van der Waals surface area contributed by atoms with Crippen LogP contribution in [0.1, 0.15) is 0 Å². The molecule has 1 rings (SSSR count). The van der Waals surface area contributed by atoms with Gasteiger partial charge in [0, 0.05) is 6.07 Å². The Balaban J connectivity index is 3.44. The Morgan fingerprint density at radius 1 is 1.54 bits per heavy atom. The van der Waals surface area contributed by atoms with E-state index in [1.54, 1.807) is 0 Å². The first-order valence-electron chi connectivity index (χ1n) is 3.13. The van der Waals surface area contributed by atoms with Crippen molar-refractivity contribution in [2.45, 2.75) is 0 Å². The molecular weight excluding hydrogens is 198 g/mol. The molecule has 13 heavy (non-hydrogen) atoms. The van der Waals surface area contributed by atoms with E-state index in [1.807, 2.05) is 0 Å². The largest absolute Gasteiger partial charge is 0.391 e. The zero-order valence-electron chi connectivity index (χ0n) is 6.23. The number of nitrogen functional groups attached to an aromatic ring is 1. The number of rotatable bonds is 2. The van der Waals surface area contributed by atoms with Gasteiger partial charge in [-0.1, -0.05) is 11.6 Å². The Morgan fingerprint density at radius 2 is 2.15 bits per heavy atom. The molecule has 68 valence electrons. The van der Waals surface area contributed by atoms with Crippen LogP contribution >= 0.6 is 11.6 Å². The highest BCUT2D eigenvalue weighted by Crippen LogP contribution is 2.37. The van der Waals surface area contributed by atoms with Crippen LogP contribution in [0.2, 0.25) is 5.02 Å². The summed E-state index contributed by atoms with van der Waals surface area (Å²) in [6, 6.07) is 2.32. The lowest BCUT2D eigenvalue weighted by Crippen LogP contribution is -1.95. The van der Waals surface area contributed by atoms with E-state index in [0.29, 0.717) is 0 Å². The van der Waals surface area contributed by atoms with E-state index in [9.17, 15) is 15.0 Å². The lowest BCUT2D eigenvalue weighted by atomic mass is 10.2. The normalized spacial score (nSPS) is 9.62. The Morgan fingerprint density at radius 3 is 2.62 bits per heavy atom. The number of nitrogens with two attached hydrogens (primary N) is 1. The highest BCUT2D eigenvalue weighted by atomic mass is 35.5. The minimum absolute atomic E-state index is 0.00176. The van der Waals surface area contributed by atoms with Crippen LogP contribution in [0, 0.1) is 15.0 Å². The lowest BCUT2D eigenvalue weighted by molar-refractivity contribution is -0.383. The molecule has 0 radical (unpaired) electrons. The van der Waals surface area contributed by atoms with Gasteiger partial charge in [-0.3, -0.25) is 10.1 Å². The molecule has 0 atom stereocenters. The number of nitro groups is 1. The third-order valence-electron chi connectivity index (χ3n) is 1.43. The molecule has 0 aromatic heterocycles. The van der Waals surface area contributed by atoms with Crippen LogP contribution in [0.5, 0.6) is 0 Å². The number of nitrogens with zero attached hydrogens (tertiary/aromatic N) is 2. The predicted molar refractivity (Wildman–Crippen MR) is 48.0 cm³/mol. The van der Waals surface area contributed by atoms with Gasteiger partial charge in [0.05, 0.1) is 9.95 Å². The van der Waals surface area contributed by atoms with Crippen molar-refractivity contribution in [2.24, 2.45) is 5.18 Å². The minimum atomic E-state index is -0.708. The maximum atomic E-state index is 10.3. The SMILES string of the molecule is Nc1c([N+](=O)[O-])ccc(Cl)c1N=O. The average Bonchev–Trinajstić information content (AvgIpc) is 2.04. The van der Waals surface area contributed by atoms with E-state index in [1.165, 1.54) is 6.07 Å².